The number of nitrogens with one attached hydrogen (secondary N) is 1. The summed E-state index contributed by atoms with van der Waals surface area (Å²) in [6.07, 6.45) is 8.19. The Morgan fingerprint density at radius 3 is 2.50 bits per heavy atom. The molecule has 1 aliphatic heterocycles. The number of hydrogen-bond acceptors (Lipinski definition) is 2. The third kappa shape index (κ3) is 1.50. The molecule has 1 saturated heterocycles. The van der Waals surface area contributed by atoms with E-state index in [1.165, 1.54) is 38.5 Å². The highest BCUT2D eigenvalue weighted by Gasteiger charge is 2.36. The average Bonchev–Trinajstić information content (AvgIpc) is 2.55. The lowest BCUT2D eigenvalue weighted by Gasteiger charge is -2.37. The first-order valence-electron chi connectivity index (χ1n) is 5.19. The van der Waals surface area contributed by atoms with Gasteiger partial charge < -0.3 is 10.4 Å². The second-order valence-electron chi connectivity index (χ2n) is 4.51. The van der Waals surface area contributed by atoms with E-state index >= 15 is 0 Å². The topological polar surface area (TPSA) is 32.3 Å². The fraction of sp³-hybridized carbons (Fsp3) is 1.00. The van der Waals surface area contributed by atoms with Crippen LogP contribution in [0.2, 0.25) is 0 Å². The summed E-state index contributed by atoms with van der Waals surface area (Å²) in [6, 6.07) is 0.385. The summed E-state index contributed by atoms with van der Waals surface area (Å²) in [5.74, 6) is 0. The Morgan fingerprint density at radius 1 is 1.25 bits per heavy atom. The van der Waals surface area contributed by atoms with Crippen molar-refractivity contribution in [3.63, 3.8) is 0 Å². The molecule has 0 amide bonds. The third-order valence-electron chi connectivity index (χ3n) is 3.67. The summed E-state index contributed by atoms with van der Waals surface area (Å²) in [5.41, 5.74) is 0.631. The van der Waals surface area contributed by atoms with E-state index in [0.29, 0.717) is 18.1 Å². The standard InChI is InChI=1S/C10H19NO/c12-7-9-3-6-10(8-11-9)4-1-2-5-10/h9,11-12H,1-8H2/t9-/m1/s1. The second-order valence-corrected chi connectivity index (χ2v) is 4.51. The summed E-state index contributed by atoms with van der Waals surface area (Å²) < 4.78 is 0. The molecule has 0 bridgehead atoms. The number of aliphatic hydroxyl groups excluding tert-OH is 1. The van der Waals surface area contributed by atoms with Gasteiger partial charge in [0.25, 0.3) is 0 Å². The first-order valence-corrected chi connectivity index (χ1v) is 5.19. The van der Waals surface area contributed by atoms with E-state index in [4.69, 9.17) is 5.11 Å². The van der Waals surface area contributed by atoms with Crippen molar-refractivity contribution in [1.82, 2.24) is 5.32 Å². The molecule has 70 valence electrons. The molecule has 0 aromatic heterocycles. The molecule has 2 N–H and O–H groups in total. The highest BCUT2D eigenvalue weighted by molar-refractivity contribution is 4.92. The van der Waals surface area contributed by atoms with Crippen LogP contribution in [0, 0.1) is 5.41 Å². The van der Waals surface area contributed by atoms with Gasteiger partial charge in [-0.2, -0.15) is 0 Å². The van der Waals surface area contributed by atoms with E-state index < -0.39 is 0 Å². The summed E-state index contributed by atoms with van der Waals surface area (Å²) in [6.45, 7) is 1.47. The number of piperidine rings is 1. The van der Waals surface area contributed by atoms with Crippen LogP contribution in [-0.2, 0) is 0 Å². The number of hydrogen-bond donors (Lipinski definition) is 2. The fourth-order valence-electron chi connectivity index (χ4n) is 2.74. The molecular formula is C10H19NO. The monoisotopic (exact) mass is 169 g/mol. The van der Waals surface area contributed by atoms with Gasteiger partial charge in [0.05, 0.1) is 6.61 Å². The molecule has 1 spiro atoms. The van der Waals surface area contributed by atoms with Gasteiger partial charge in [-0.25, -0.2) is 0 Å². The van der Waals surface area contributed by atoms with Crippen LogP contribution in [0.15, 0.2) is 0 Å². The van der Waals surface area contributed by atoms with Crippen molar-refractivity contribution >= 4 is 0 Å². The van der Waals surface area contributed by atoms with Crippen molar-refractivity contribution in [1.29, 1.82) is 0 Å². The highest BCUT2D eigenvalue weighted by atomic mass is 16.3. The third-order valence-corrected chi connectivity index (χ3v) is 3.67. The molecule has 0 aromatic carbocycles. The minimum Gasteiger partial charge on any atom is -0.395 e. The van der Waals surface area contributed by atoms with Gasteiger partial charge in [-0.15, -0.1) is 0 Å². The minimum absolute atomic E-state index is 0.316. The summed E-state index contributed by atoms with van der Waals surface area (Å²) in [5, 5.41) is 12.4. The van der Waals surface area contributed by atoms with Crippen LogP contribution in [0.3, 0.4) is 0 Å². The molecular weight excluding hydrogens is 150 g/mol. The van der Waals surface area contributed by atoms with E-state index in [-0.39, 0.29) is 0 Å². The molecule has 12 heavy (non-hydrogen) atoms. The zero-order valence-corrected chi connectivity index (χ0v) is 7.68. The van der Waals surface area contributed by atoms with E-state index in [1.54, 1.807) is 0 Å². The van der Waals surface area contributed by atoms with Gasteiger partial charge in [0.2, 0.25) is 0 Å². The molecule has 0 radical (unpaired) electrons. The van der Waals surface area contributed by atoms with Gasteiger partial charge in [-0.3, -0.25) is 0 Å². The summed E-state index contributed by atoms with van der Waals surface area (Å²) in [7, 11) is 0. The van der Waals surface area contributed by atoms with Crippen LogP contribution in [0.1, 0.15) is 38.5 Å². The molecule has 1 saturated carbocycles. The Balaban J connectivity index is 1.88. The predicted molar refractivity (Wildman–Crippen MR) is 49.0 cm³/mol. The maximum Gasteiger partial charge on any atom is 0.0584 e. The molecule has 2 aliphatic rings. The minimum atomic E-state index is 0.316. The highest BCUT2D eigenvalue weighted by Crippen LogP contribution is 2.43. The van der Waals surface area contributed by atoms with Gasteiger partial charge in [0.15, 0.2) is 0 Å². The Kier molecular flexibility index (Phi) is 2.37. The maximum absolute atomic E-state index is 8.96. The van der Waals surface area contributed by atoms with E-state index in [1.807, 2.05) is 0 Å². The van der Waals surface area contributed by atoms with E-state index in [0.717, 1.165) is 6.54 Å². The summed E-state index contributed by atoms with van der Waals surface area (Å²) in [4.78, 5) is 0. The lowest BCUT2D eigenvalue weighted by atomic mass is 9.77. The molecule has 2 heteroatoms. The van der Waals surface area contributed by atoms with Crippen molar-refractivity contribution < 1.29 is 5.11 Å². The Morgan fingerprint density at radius 2 is 2.00 bits per heavy atom. The van der Waals surface area contributed by atoms with Crippen LogP contribution in [-0.4, -0.2) is 24.3 Å². The van der Waals surface area contributed by atoms with Gasteiger partial charge in [0.1, 0.15) is 0 Å². The first kappa shape index (κ1) is 8.52. The van der Waals surface area contributed by atoms with Crippen molar-refractivity contribution in [2.45, 2.75) is 44.6 Å². The molecule has 2 fully saturated rings. The van der Waals surface area contributed by atoms with Gasteiger partial charge in [-0.1, -0.05) is 12.8 Å². The molecule has 2 nitrogen and oxygen atoms in total. The fourth-order valence-corrected chi connectivity index (χ4v) is 2.74. The Bertz CT molecular complexity index is 142. The van der Waals surface area contributed by atoms with Crippen molar-refractivity contribution in [3.8, 4) is 0 Å². The van der Waals surface area contributed by atoms with Crippen LogP contribution >= 0.6 is 0 Å². The Hall–Kier alpha value is -0.0800. The predicted octanol–water partition coefficient (Wildman–Crippen LogP) is 1.29. The normalized spacial score (nSPS) is 34.2. The van der Waals surface area contributed by atoms with Gasteiger partial charge >= 0.3 is 0 Å². The van der Waals surface area contributed by atoms with Crippen molar-refractivity contribution in [3.05, 3.63) is 0 Å². The quantitative estimate of drug-likeness (QED) is 0.620. The average molecular weight is 169 g/mol. The molecule has 0 aromatic rings. The largest absolute Gasteiger partial charge is 0.395 e. The van der Waals surface area contributed by atoms with Crippen LogP contribution < -0.4 is 5.32 Å². The molecule has 0 unspecified atom stereocenters. The first-order chi connectivity index (χ1) is 5.85. The van der Waals surface area contributed by atoms with Gasteiger partial charge in [0, 0.05) is 12.6 Å². The van der Waals surface area contributed by atoms with Crippen LogP contribution in [0.25, 0.3) is 0 Å². The summed E-state index contributed by atoms with van der Waals surface area (Å²) >= 11 is 0. The van der Waals surface area contributed by atoms with E-state index in [9.17, 15) is 0 Å². The number of rotatable bonds is 1. The lowest BCUT2D eigenvalue weighted by molar-refractivity contribution is 0.141. The second kappa shape index (κ2) is 3.35. The van der Waals surface area contributed by atoms with Crippen molar-refractivity contribution in [2.24, 2.45) is 5.41 Å². The maximum atomic E-state index is 8.96. The molecule has 2 rings (SSSR count). The van der Waals surface area contributed by atoms with Crippen molar-refractivity contribution in [2.75, 3.05) is 13.2 Å². The SMILES string of the molecule is OC[C@H]1CCC2(CCCC2)CN1. The zero-order valence-electron chi connectivity index (χ0n) is 7.68. The zero-order chi connectivity index (χ0) is 8.44. The molecule has 1 heterocycles. The molecule has 1 atom stereocenters. The van der Waals surface area contributed by atoms with Gasteiger partial charge in [-0.05, 0) is 31.1 Å². The lowest BCUT2D eigenvalue weighted by Crippen LogP contribution is -2.46. The molecule has 1 aliphatic carbocycles. The Labute approximate surface area is 74.4 Å². The van der Waals surface area contributed by atoms with Crippen LogP contribution in [0.5, 0.6) is 0 Å². The van der Waals surface area contributed by atoms with E-state index in [2.05, 4.69) is 5.32 Å². The number of aliphatic hydroxyl groups is 1. The smallest absolute Gasteiger partial charge is 0.0584 e. The van der Waals surface area contributed by atoms with Crippen LogP contribution in [0.4, 0.5) is 0 Å².